The lowest BCUT2D eigenvalue weighted by Crippen LogP contribution is -2.45. The van der Waals surface area contributed by atoms with E-state index in [4.69, 9.17) is 4.74 Å². The van der Waals surface area contributed by atoms with Crippen LogP contribution in [-0.2, 0) is 14.8 Å². The fourth-order valence-electron chi connectivity index (χ4n) is 3.70. The number of sulfonamides is 1. The third-order valence-electron chi connectivity index (χ3n) is 5.49. The van der Waals surface area contributed by atoms with Gasteiger partial charge >= 0.3 is 0 Å². The number of hydrogen-bond donors (Lipinski definition) is 1. The van der Waals surface area contributed by atoms with Crippen molar-refractivity contribution in [1.82, 2.24) is 9.62 Å². The highest BCUT2D eigenvalue weighted by Gasteiger charge is 2.34. The summed E-state index contributed by atoms with van der Waals surface area (Å²) in [7, 11) is -2.17. The van der Waals surface area contributed by atoms with Crippen LogP contribution < -0.4 is 10.1 Å². The second kappa shape index (κ2) is 9.14. The van der Waals surface area contributed by atoms with Gasteiger partial charge in [0.05, 0.1) is 24.0 Å². The topological polar surface area (TPSA) is 75.7 Å². The zero-order chi connectivity index (χ0) is 21.9. The molecule has 0 saturated carbocycles. The van der Waals surface area contributed by atoms with E-state index in [1.54, 1.807) is 31.2 Å². The van der Waals surface area contributed by atoms with Gasteiger partial charge in [0.25, 0.3) is 0 Å². The minimum absolute atomic E-state index is 0.134. The second-order valence-electron chi connectivity index (χ2n) is 7.62. The number of amides is 1. The molecule has 1 fully saturated rings. The number of carbonyl (C=O) groups excluding carboxylic acids is 1. The SMILES string of the molecule is COc1ccc(S(=O)(=O)N2CCC[C@H](C(=O)N[C@H](C)c3ccc(F)cc3)C2)cc1C. The molecule has 162 valence electrons. The van der Waals surface area contributed by atoms with E-state index in [2.05, 4.69) is 5.32 Å². The van der Waals surface area contributed by atoms with Gasteiger partial charge in [-0.15, -0.1) is 0 Å². The molecule has 1 N–H and O–H groups in total. The van der Waals surface area contributed by atoms with Crippen molar-refractivity contribution in [2.45, 2.75) is 37.6 Å². The van der Waals surface area contributed by atoms with E-state index in [0.717, 1.165) is 11.1 Å². The van der Waals surface area contributed by atoms with Crippen molar-refractivity contribution >= 4 is 15.9 Å². The standard InChI is InChI=1S/C22H27FN2O4S/c1-15-13-20(10-11-21(15)29-3)30(27,28)25-12-4-5-18(14-25)22(26)24-16(2)17-6-8-19(23)9-7-17/h6-11,13,16,18H,4-5,12,14H2,1-3H3,(H,24,26)/t16-,18+/m1/s1. The van der Waals surface area contributed by atoms with Gasteiger partial charge in [0, 0.05) is 13.1 Å². The van der Waals surface area contributed by atoms with E-state index >= 15 is 0 Å². The second-order valence-corrected chi connectivity index (χ2v) is 9.55. The Balaban J connectivity index is 1.70. The zero-order valence-electron chi connectivity index (χ0n) is 17.4. The molecule has 1 amide bonds. The zero-order valence-corrected chi connectivity index (χ0v) is 18.2. The molecule has 1 heterocycles. The van der Waals surface area contributed by atoms with E-state index in [1.807, 2.05) is 6.92 Å². The van der Waals surface area contributed by atoms with Crippen LogP contribution in [0, 0.1) is 18.7 Å². The number of aryl methyl sites for hydroxylation is 1. The molecule has 2 atom stereocenters. The number of carbonyl (C=O) groups is 1. The van der Waals surface area contributed by atoms with Crippen molar-refractivity contribution in [3.05, 3.63) is 59.4 Å². The summed E-state index contributed by atoms with van der Waals surface area (Å²) in [6.07, 6.45) is 1.23. The Hall–Kier alpha value is -2.45. The maximum absolute atomic E-state index is 13.1. The Morgan fingerprint density at radius 1 is 1.23 bits per heavy atom. The van der Waals surface area contributed by atoms with E-state index in [9.17, 15) is 17.6 Å². The Bertz CT molecular complexity index is 1010. The van der Waals surface area contributed by atoms with E-state index < -0.39 is 15.9 Å². The molecule has 2 aromatic rings. The minimum atomic E-state index is -3.71. The van der Waals surface area contributed by atoms with E-state index in [-0.39, 0.29) is 29.2 Å². The first-order chi connectivity index (χ1) is 14.2. The lowest BCUT2D eigenvalue weighted by atomic mass is 9.98. The van der Waals surface area contributed by atoms with Crippen LogP contribution in [0.3, 0.4) is 0 Å². The Morgan fingerprint density at radius 2 is 1.93 bits per heavy atom. The highest BCUT2D eigenvalue weighted by atomic mass is 32.2. The molecule has 0 unspecified atom stereocenters. The predicted molar refractivity (Wildman–Crippen MR) is 112 cm³/mol. The first kappa shape index (κ1) is 22.2. The number of nitrogens with one attached hydrogen (secondary N) is 1. The molecule has 1 aliphatic rings. The molecule has 1 aliphatic heterocycles. The molecular weight excluding hydrogens is 407 g/mol. The summed E-state index contributed by atoms with van der Waals surface area (Å²) in [5.74, 6) is -0.341. The highest BCUT2D eigenvalue weighted by Crippen LogP contribution is 2.27. The average molecular weight is 435 g/mol. The quantitative estimate of drug-likeness (QED) is 0.756. The summed E-state index contributed by atoms with van der Waals surface area (Å²) in [5, 5.41) is 2.92. The maximum atomic E-state index is 13.1. The Kier molecular flexibility index (Phi) is 6.77. The largest absolute Gasteiger partial charge is 0.496 e. The number of rotatable bonds is 6. The Morgan fingerprint density at radius 3 is 2.57 bits per heavy atom. The average Bonchev–Trinajstić information content (AvgIpc) is 2.74. The first-order valence-corrected chi connectivity index (χ1v) is 11.4. The summed E-state index contributed by atoms with van der Waals surface area (Å²) in [4.78, 5) is 13.0. The fraction of sp³-hybridized carbons (Fsp3) is 0.409. The van der Waals surface area contributed by atoms with Crippen molar-refractivity contribution in [2.24, 2.45) is 5.92 Å². The molecule has 0 radical (unpaired) electrons. The lowest BCUT2D eigenvalue weighted by molar-refractivity contribution is -0.126. The van der Waals surface area contributed by atoms with Crippen LogP contribution in [0.1, 0.15) is 36.9 Å². The molecule has 0 bridgehead atoms. The summed E-state index contributed by atoms with van der Waals surface area (Å²) in [6.45, 7) is 4.13. The number of halogens is 1. The number of ether oxygens (including phenoxy) is 1. The molecule has 0 spiro atoms. The van der Waals surface area contributed by atoms with Gasteiger partial charge in [0.1, 0.15) is 11.6 Å². The van der Waals surface area contributed by atoms with Crippen LogP contribution in [0.4, 0.5) is 4.39 Å². The summed E-state index contributed by atoms with van der Waals surface area (Å²) < 4.78 is 45.9. The van der Waals surface area contributed by atoms with Gasteiger partial charge in [-0.1, -0.05) is 12.1 Å². The van der Waals surface area contributed by atoms with E-state index in [1.165, 1.54) is 29.6 Å². The third-order valence-corrected chi connectivity index (χ3v) is 7.35. The third kappa shape index (κ3) is 4.82. The number of piperidine rings is 1. The molecule has 30 heavy (non-hydrogen) atoms. The minimum Gasteiger partial charge on any atom is -0.496 e. The van der Waals surface area contributed by atoms with Crippen LogP contribution in [0.5, 0.6) is 5.75 Å². The van der Waals surface area contributed by atoms with Crippen LogP contribution in [-0.4, -0.2) is 38.8 Å². The summed E-state index contributed by atoms with van der Waals surface area (Å²) in [6, 6.07) is 10.4. The van der Waals surface area contributed by atoms with Crippen molar-refractivity contribution < 1.29 is 22.3 Å². The van der Waals surface area contributed by atoms with Gasteiger partial charge < -0.3 is 10.1 Å². The number of methoxy groups -OCH3 is 1. The van der Waals surface area contributed by atoms with Gasteiger partial charge in [-0.3, -0.25) is 4.79 Å². The van der Waals surface area contributed by atoms with Crippen LogP contribution in [0.15, 0.2) is 47.4 Å². The van der Waals surface area contributed by atoms with Gasteiger partial charge in [-0.25, -0.2) is 12.8 Å². The molecule has 1 saturated heterocycles. The molecule has 6 nitrogen and oxygen atoms in total. The van der Waals surface area contributed by atoms with Gasteiger partial charge in [0.2, 0.25) is 15.9 Å². The smallest absolute Gasteiger partial charge is 0.243 e. The van der Waals surface area contributed by atoms with Crippen molar-refractivity contribution in [1.29, 1.82) is 0 Å². The predicted octanol–water partition coefficient (Wildman–Crippen LogP) is 3.42. The number of benzene rings is 2. The molecule has 0 aliphatic carbocycles. The van der Waals surface area contributed by atoms with E-state index in [0.29, 0.717) is 25.1 Å². The fourth-order valence-corrected chi connectivity index (χ4v) is 5.31. The van der Waals surface area contributed by atoms with Crippen molar-refractivity contribution in [3.63, 3.8) is 0 Å². The highest BCUT2D eigenvalue weighted by molar-refractivity contribution is 7.89. The molecule has 0 aromatic heterocycles. The Labute approximate surface area is 177 Å². The molecule has 2 aromatic carbocycles. The monoisotopic (exact) mass is 434 g/mol. The molecular formula is C22H27FN2O4S. The maximum Gasteiger partial charge on any atom is 0.243 e. The van der Waals surface area contributed by atoms with Crippen LogP contribution in [0.2, 0.25) is 0 Å². The van der Waals surface area contributed by atoms with Crippen molar-refractivity contribution in [3.8, 4) is 5.75 Å². The first-order valence-electron chi connectivity index (χ1n) is 9.93. The molecule has 8 heteroatoms. The van der Waals surface area contributed by atoms with Gasteiger partial charge in [-0.05, 0) is 68.1 Å². The normalized spacial score (nSPS) is 18.6. The van der Waals surface area contributed by atoms with Gasteiger partial charge in [0.15, 0.2) is 0 Å². The van der Waals surface area contributed by atoms with Crippen LogP contribution in [0.25, 0.3) is 0 Å². The van der Waals surface area contributed by atoms with Crippen molar-refractivity contribution in [2.75, 3.05) is 20.2 Å². The van der Waals surface area contributed by atoms with Crippen LogP contribution >= 0.6 is 0 Å². The van der Waals surface area contributed by atoms with Gasteiger partial charge in [-0.2, -0.15) is 4.31 Å². The molecule has 3 rings (SSSR count). The number of nitrogens with zero attached hydrogens (tertiary/aromatic N) is 1. The summed E-state index contributed by atoms with van der Waals surface area (Å²) in [5.41, 5.74) is 1.52. The lowest BCUT2D eigenvalue weighted by Gasteiger charge is -2.32. The number of hydrogen-bond acceptors (Lipinski definition) is 4. The summed E-state index contributed by atoms with van der Waals surface area (Å²) >= 11 is 0.